The van der Waals surface area contributed by atoms with E-state index in [9.17, 15) is 9.59 Å². The van der Waals surface area contributed by atoms with Crippen LogP contribution in [-0.2, 0) is 14.4 Å². The lowest BCUT2D eigenvalue weighted by Crippen LogP contribution is -2.70. The number of aryl methyl sites for hydroxylation is 1. The zero-order valence-corrected chi connectivity index (χ0v) is 16.0. The van der Waals surface area contributed by atoms with E-state index < -0.39 is 11.9 Å². The van der Waals surface area contributed by atoms with Crippen molar-refractivity contribution in [3.8, 4) is 0 Å². The molecule has 0 spiro atoms. The third kappa shape index (κ3) is 2.99. The Morgan fingerprint density at radius 2 is 2.16 bits per heavy atom. The summed E-state index contributed by atoms with van der Waals surface area (Å²) in [5.74, 6) is 0.222. The van der Waals surface area contributed by atoms with Crippen molar-refractivity contribution in [2.24, 2.45) is 5.16 Å². The molecule has 1 aromatic rings. The molecular weight excluding hydrogens is 362 g/mol. The number of hydrogen-bond acceptors (Lipinski definition) is 8. The SMILES string of the molecule is CON=C(C(=O)NC1C(=O)N2C(C)=C(C)CSC12)c1nc(N)sc1C. The number of β-lactam (4-membered cyclic amide) rings is 1. The maximum Gasteiger partial charge on any atom is 0.276 e. The summed E-state index contributed by atoms with van der Waals surface area (Å²) in [5.41, 5.74) is 8.23. The highest BCUT2D eigenvalue weighted by Gasteiger charge is 2.51. The molecule has 2 amide bonds. The Hall–Kier alpha value is -2.07. The first-order valence-electron chi connectivity index (χ1n) is 7.61. The third-order valence-electron chi connectivity index (χ3n) is 4.21. The molecule has 2 aliphatic rings. The standard InChI is InChI=1S/C15H19N5O3S2/c1-6-5-24-14-11(13(22)20(14)7(6)2)17-12(21)10(19-23-4)9-8(3)25-15(16)18-9/h11,14H,5H2,1-4H3,(H2,16,18)(H,17,21). The molecule has 8 nitrogen and oxygen atoms in total. The predicted molar refractivity (Wildman–Crippen MR) is 98.2 cm³/mol. The van der Waals surface area contributed by atoms with E-state index in [4.69, 9.17) is 10.6 Å². The number of oxime groups is 1. The van der Waals surface area contributed by atoms with Gasteiger partial charge in [-0.25, -0.2) is 4.98 Å². The van der Waals surface area contributed by atoms with Crippen LogP contribution >= 0.6 is 23.1 Å². The molecule has 1 aromatic heterocycles. The highest BCUT2D eigenvalue weighted by atomic mass is 32.2. The Labute approximate surface area is 153 Å². The highest BCUT2D eigenvalue weighted by molar-refractivity contribution is 8.00. The van der Waals surface area contributed by atoms with E-state index in [1.807, 2.05) is 13.8 Å². The van der Waals surface area contributed by atoms with Crippen molar-refractivity contribution in [1.82, 2.24) is 15.2 Å². The maximum atomic E-state index is 12.7. The van der Waals surface area contributed by atoms with Crippen molar-refractivity contribution < 1.29 is 14.4 Å². The summed E-state index contributed by atoms with van der Waals surface area (Å²) in [6.45, 7) is 5.74. The molecule has 2 unspecified atom stereocenters. The molecule has 1 fully saturated rings. The molecule has 0 radical (unpaired) electrons. The minimum Gasteiger partial charge on any atom is -0.398 e. The molecule has 2 aliphatic heterocycles. The number of amides is 2. The molecule has 3 N–H and O–H groups in total. The average Bonchev–Trinajstić information content (AvgIpc) is 2.90. The molecule has 2 atom stereocenters. The number of rotatable bonds is 4. The van der Waals surface area contributed by atoms with Gasteiger partial charge in [0.25, 0.3) is 11.8 Å². The zero-order valence-electron chi connectivity index (χ0n) is 14.3. The first-order valence-corrected chi connectivity index (χ1v) is 9.48. The van der Waals surface area contributed by atoms with E-state index in [2.05, 4.69) is 15.5 Å². The van der Waals surface area contributed by atoms with Crippen LogP contribution in [0.3, 0.4) is 0 Å². The Morgan fingerprint density at radius 1 is 1.44 bits per heavy atom. The van der Waals surface area contributed by atoms with E-state index in [0.29, 0.717) is 10.8 Å². The van der Waals surface area contributed by atoms with Gasteiger partial charge < -0.3 is 15.9 Å². The number of carbonyl (C=O) groups is 2. The molecule has 3 heterocycles. The van der Waals surface area contributed by atoms with E-state index in [1.165, 1.54) is 24.0 Å². The Kier molecular flexibility index (Phi) is 4.74. The Bertz CT molecular complexity index is 801. The predicted octanol–water partition coefficient (Wildman–Crippen LogP) is 1.08. The van der Waals surface area contributed by atoms with Gasteiger partial charge in [0.1, 0.15) is 24.2 Å². The number of nitrogen functional groups attached to an aromatic ring is 1. The molecule has 0 aromatic carbocycles. The molecule has 0 saturated carbocycles. The van der Waals surface area contributed by atoms with Crippen LogP contribution in [0.2, 0.25) is 0 Å². The lowest BCUT2D eigenvalue weighted by molar-refractivity contribution is -0.144. The normalized spacial score (nSPS) is 23.3. The quantitative estimate of drug-likeness (QED) is 0.459. The van der Waals surface area contributed by atoms with Gasteiger partial charge in [0.05, 0.1) is 0 Å². The number of allylic oxidation sites excluding steroid dienone is 1. The first-order chi connectivity index (χ1) is 11.8. The lowest BCUT2D eigenvalue weighted by atomic mass is 10.0. The van der Waals surface area contributed by atoms with Crippen molar-refractivity contribution in [1.29, 1.82) is 0 Å². The summed E-state index contributed by atoms with van der Waals surface area (Å²) in [6, 6.07) is -0.584. The van der Waals surface area contributed by atoms with Crippen molar-refractivity contribution >= 4 is 45.8 Å². The molecule has 0 bridgehead atoms. The second kappa shape index (κ2) is 6.68. The number of aromatic nitrogens is 1. The van der Waals surface area contributed by atoms with Crippen LogP contribution < -0.4 is 11.1 Å². The first kappa shape index (κ1) is 17.7. The smallest absolute Gasteiger partial charge is 0.276 e. The Morgan fingerprint density at radius 3 is 2.76 bits per heavy atom. The van der Waals surface area contributed by atoms with Crippen LogP contribution in [0.4, 0.5) is 5.13 Å². The van der Waals surface area contributed by atoms with Crippen molar-refractivity contribution in [3.63, 3.8) is 0 Å². The summed E-state index contributed by atoms with van der Waals surface area (Å²) in [4.78, 5) is 36.5. The number of carbonyl (C=O) groups excluding carboxylic acids is 2. The van der Waals surface area contributed by atoms with E-state index in [-0.39, 0.29) is 17.0 Å². The number of hydrogen-bond donors (Lipinski definition) is 2. The van der Waals surface area contributed by atoms with Crippen LogP contribution in [0.5, 0.6) is 0 Å². The summed E-state index contributed by atoms with van der Waals surface area (Å²) in [7, 11) is 1.35. The number of anilines is 1. The number of nitrogens with one attached hydrogen (secondary N) is 1. The van der Waals surface area contributed by atoms with Gasteiger partial charge in [-0.2, -0.15) is 0 Å². The van der Waals surface area contributed by atoms with Crippen LogP contribution in [-0.4, -0.2) is 51.7 Å². The zero-order chi connectivity index (χ0) is 18.3. The number of thiazole rings is 1. The van der Waals surface area contributed by atoms with Gasteiger partial charge in [-0.1, -0.05) is 5.16 Å². The second-order valence-corrected chi connectivity index (χ2v) is 8.15. The summed E-state index contributed by atoms with van der Waals surface area (Å²) >= 11 is 2.90. The molecular formula is C15H19N5O3S2. The molecule has 10 heteroatoms. The molecule has 0 aliphatic carbocycles. The van der Waals surface area contributed by atoms with Gasteiger partial charge >= 0.3 is 0 Å². The van der Waals surface area contributed by atoms with E-state index in [0.717, 1.165) is 16.3 Å². The maximum absolute atomic E-state index is 12.7. The van der Waals surface area contributed by atoms with Crippen LogP contribution in [0.1, 0.15) is 24.4 Å². The van der Waals surface area contributed by atoms with Crippen LogP contribution in [0, 0.1) is 6.92 Å². The van der Waals surface area contributed by atoms with Gasteiger partial charge in [-0.05, 0) is 26.3 Å². The summed E-state index contributed by atoms with van der Waals surface area (Å²) in [5, 5.41) is 6.80. The summed E-state index contributed by atoms with van der Waals surface area (Å²) in [6.07, 6.45) is 0. The van der Waals surface area contributed by atoms with Gasteiger partial charge in [0.2, 0.25) is 0 Å². The third-order valence-corrected chi connectivity index (χ3v) is 6.44. The highest BCUT2D eigenvalue weighted by Crippen LogP contribution is 2.39. The number of nitrogens with two attached hydrogens (primary N) is 1. The lowest BCUT2D eigenvalue weighted by Gasteiger charge is -2.49. The average molecular weight is 381 g/mol. The topological polar surface area (TPSA) is 110 Å². The van der Waals surface area contributed by atoms with Gasteiger partial charge in [-0.15, -0.1) is 23.1 Å². The fourth-order valence-electron chi connectivity index (χ4n) is 2.77. The molecule has 1 saturated heterocycles. The molecule has 3 rings (SSSR count). The van der Waals surface area contributed by atoms with Crippen molar-refractivity contribution in [3.05, 3.63) is 21.8 Å². The van der Waals surface area contributed by atoms with Gasteiger partial charge in [0.15, 0.2) is 10.8 Å². The van der Waals surface area contributed by atoms with Gasteiger partial charge in [0, 0.05) is 16.3 Å². The van der Waals surface area contributed by atoms with Gasteiger partial charge in [-0.3, -0.25) is 14.5 Å². The number of thioether (sulfide) groups is 1. The fraction of sp³-hybridized carbons (Fsp3) is 0.467. The number of fused-ring (bicyclic) bond motifs is 1. The van der Waals surface area contributed by atoms with Crippen LogP contribution in [0.25, 0.3) is 0 Å². The second-order valence-electron chi connectivity index (χ2n) is 5.81. The monoisotopic (exact) mass is 381 g/mol. The Balaban J connectivity index is 1.79. The van der Waals surface area contributed by atoms with Crippen molar-refractivity contribution in [2.75, 3.05) is 18.6 Å². The van der Waals surface area contributed by atoms with Crippen molar-refractivity contribution in [2.45, 2.75) is 32.2 Å². The number of nitrogens with zero attached hydrogens (tertiary/aromatic N) is 3. The molecule has 134 valence electrons. The minimum atomic E-state index is -0.584. The largest absolute Gasteiger partial charge is 0.398 e. The minimum absolute atomic E-state index is 0.0171. The fourth-order valence-corrected chi connectivity index (χ4v) is 4.88. The van der Waals surface area contributed by atoms with Crippen LogP contribution in [0.15, 0.2) is 16.4 Å². The molecule has 25 heavy (non-hydrogen) atoms. The van der Waals surface area contributed by atoms with E-state index in [1.54, 1.807) is 23.6 Å². The van der Waals surface area contributed by atoms with E-state index >= 15 is 0 Å². The summed E-state index contributed by atoms with van der Waals surface area (Å²) < 4.78 is 0.